The molecule has 10 heteroatoms. The van der Waals surface area contributed by atoms with E-state index in [9.17, 15) is 18.0 Å². The van der Waals surface area contributed by atoms with E-state index < -0.39 is 28.5 Å². The number of likely N-dealkylation sites (N-methyl/N-ethyl adjacent to an activating group) is 1. The van der Waals surface area contributed by atoms with Gasteiger partial charge in [0.1, 0.15) is 12.6 Å². The first kappa shape index (κ1) is 25.0. The van der Waals surface area contributed by atoms with Crippen LogP contribution in [0.2, 0.25) is 10.0 Å². The van der Waals surface area contributed by atoms with Gasteiger partial charge in [-0.3, -0.25) is 13.9 Å². The number of nitrogens with zero attached hydrogens (tertiary/aromatic N) is 2. The number of sulfonamides is 1. The van der Waals surface area contributed by atoms with E-state index in [4.69, 9.17) is 23.2 Å². The van der Waals surface area contributed by atoms with Crippen LogP contribution in [0, 0.1) is 6.92 Å². The van der Waals surface area contributed by atoms with Gasteiger partial charge in [0.15, 0.2) is 0 Å². The van der Waals surface area contributed by atoms with Gasteiger partial charge >= 0.3 is 0 Å². The van der Waals surface area contributed by atoms with Crippen LogP contribution in [-0.4, -0.2) is 51.0 Å². The van der Waals surface area contributed by atoms with Crippen molar-refractivity contribution >= 4 is 50.7 Å². The normalized spacial score (nSPS) is 12.2. The van der Waals surface area contributed by atoms with Crippen molar-refractivity contribution in [1.29, 1.82) is 0 Å². The molecule has 0 aliphatic carbocycles. The van der Waals surface area contributed by atoms with Crippen LogP contribution in [-0.2, 0) is 26.2 Å². The van der Waals surface area contributed by atoms with Crippen molar-refractivity contribution in [3.63, 3.8) is 0 Å². The van der Waals surface area contributed by atoms with Gasteiger partial charge in [0.25, 0.3) is 0 Å². The van der Waals surface area contributed by atoms with E-state index in [0.29, 0.717) is 26.9 Å². The molecular weight excluding hydrogens is 461 g/mol. The molecule has 2 amide bonds. The van der Waals surface area contributed by atoms with Gasteiger partial charge in [0.2, 0.25) is 21.8 Å². The summed E-state index contributed by atoms with van der Waals surface area (Å²) in [7, 11) is -2.34. The number of carbonyl (C=O) groups is 2. The van der Waals surface area contributed by atoms with Gasteiger partial charge in [-0.1, -0.05) is 41.4 Å². The third kappa shape index (κ3) is 6.59. The van der Waals surface area contributed by atoms with Crippen molar-refractivity contribution < 1.29 is 18.0 Å². The summed E-state index contributed by atoms with van der Waals surface area (Å²) >= 11 is 12.1. The minimum absolute atomic E-state index is 0.0834. The lowest BCUT2D eigenvalue weighted by Gasteiger charge is -2.31. The first-order valence-corrected chi connectivity index (χ1v) is 12.0. The lowest BCUT2D eigenvalue weighted by Crippen LogP contribution is -2.50. The SMILES string of the molecule is CNC(=O)[C@H](C)N(Cc1cccc(Cl)c1)C(=O)CN(c1cc(Cl)ccc1C)S(C)(=O)=O. The van der Waals surface area contributed by atoms with E-state index >= 15 is 0 Å². The maximum absolute atomic E-state index is 13.3. The maximum Gasteiger partial charge on any atom is 0.244 e. The van der Waals surface area contributed by atoms with Crippen LogP contribution >= 0.6 is 23.2 Å². The van der Waals surface area contributed by atoms with Crippen LogP contribution < -0.4 is 9.62 Å². The van der Waals surface area contributed by atoms with Crippen LogP contribution in [0.3, 0.4) is 0 Å². The Morgan fingerprint density at radius 3 is 2.32 bits per heavy atom. The van der Waals surface area contributed by atoms with Crippen LogP contribution in [0.15, 0.2) is 42.5 Å². The Morgan fingerprint density at radius 1 is 1.10 bits per heavy atom. The fraction of sp³-hybridized carbons (Fsp3) is 0.333. The molecule has 0 aromatic heterocycles. The van der Waals surface area contributed by atoms with Crippen LogP contribution in [0.25, 0.3) is 0 Å². The first-order chi connectivity index (χ1) is 14.4. The molecule has 0 bridgehead atoms. The second kappa shape index (κ2) is 10.3. The molecule has 0 spiro atoms. The number of halogens is 2. The Morgan fingerprint density at radius 2 is 1.74 bits per heavy atom. The van der Waals surface area contributed by atoms with Crippen molar-refractivity contribution in [2.45, 2.75) is 26.4 Å². The molecule has 1 N–H and O–H groups in total. The van der Waals surface area contributed by atoms with Crippen LogP contribution in [0.5, 0.6) is 0 Å². The van der Waals surface area contributed by atoms with Crippen molar-refractivity contribution in [2.75, 3.05) is 24.2 Å². The molecule has 2 aromatic carbocycles. The number of hydrogen-bond acceptors (Lipinski definition) is 4. The van der Waals surface area contributed by atoms with E-state index in [0.717, 1.165) is 10.6 Å². The zero-order valence-corrected chi connectivity index (χ0v) is 20.1. The molecule has 1 atom stereocenters. The number of rotatable bonds is 8. The standard InChI is InChI=1S/C21H25Cl2N3O4S/c1-14-8-9-18(23)11-19(14)26(31(4,29)30)13-20(27)25(15(2)21(28)24-3)12-16-6-5-7-17(22)10-16/h5-11,15H,12-13H2,1-4H3,(H,24,28)/t15-/m0/s1. The number of hydrogen-bond donors (Lipinski definition) is 1. The average Bonchev–Trinajstić information content (AvgIpc) is 2.70. The average molecular weight is 486 g/mol. The van der Waals surface area contributed by atoms with E-state index in [2.05, 4.69) is 5.32 Å². The van der Waals surface area contributed by atoms with E-state index in [-0.39, 0.29) is 12.5 Å². The monoisotopic (exact) mass is 485 g/mol. The third-order valence-electron chi connectivity index (χ3n) is 4.77. The molecule has 2 aromatic rings. The highest BCUT2D eigenvalue weighted by atomic mass is 35.5. The molecule has 168 valence electrons. The Hall–Kier alpha value is -2.29. The fourth-order valence-electron chi connectivity index (χ4n) is 3.07. The minimum Gasteiger partial charge on any atom is -0.357 e. The molecule has 0 heterocycles. The maximum atomic E-state index is 13.3. The summed E-state index contributed by atoms with van der Waals surface area (Å²) in [6.07, 6.45) is 1.02. The topological polar surface area (TPSA) is 86.8 Å². The highest BCUT2D eigenvalue weighted by molar-refractivity contribution is 7.92. The Balaban J connectivity index is 2.43. The second-order valence-corrected chi connectivity index (χ2v) is 9.92. The van der Waals surface area contributed by atoms with Crippen LogP contribution in [0.4, 0.5) is 5.69 Å². The fourth-order valence-corrected chi connectivity index (χ4v) is 4.35. The Kier molecular flexibility index (Phi) is 8.34. The molecule has 0 aliphatic heterocycles. The van der Waals surface area contributed by atoms with Gasteiger partial charge < -0.3 is 10.2 Å². The summed E-state index contributed by atoms with van der Waals surface area (Å²) in [6, 6.07) is 10.9. The number of nitrogens with one attached hydrogen (secondary N) is 1. The second-order valence-electron chi connectivity index (χ2n) is 7.14. The van der Waals surface area contributed by atoms with Gasteiger partial charge in [-0.2, -0.15) is 0 Å². The van der Waals surface area contributed by atoms with Gasteiger partial charge in [0.05, 0.1) is 11.9 Å². The van der Waals surface area contributed by atoms with E-state index in [1.54, 1.807) is 50.2 Å². The van der Waals surface area contributed by atoms with Crippen LogP contribution in [0.1, 0.15) is 18.1 Å². The summed E-state index contributed by atoms with van der Waals surface area (Å²) in [5.41, 5.74) is 1.66. The van der Waals surface area contributed by atoms with Gasteiger partial charge in [0, 0.05) is 23.6 Å². The smallest absolute Gasteiger partial charge is 0.244 e. The first-order valence-electron chi connectivity index (χ1n) is 9.43. The quantitative estimate of drug-likeness (QED) is 0.621. The number of amides is 2. The molecule has 7 nitrogen and oxygen atoms in total. The molecule has 0 fully saturated rings. The van der Waals surface area contributed by atoms with Gasteiger partial charge in [-0.15, -0.1) is 0 Å². The molecule has 0 saturated heterocycles. The van der Waals surface area contributed by atoms with Crippen molar-refractivity contribution in [2.24, 2.45) is 0 Å². The van der Waals surface area contributed by atoms with Crippen molar-refractivity contribution in [1.82, 2.24) is 10.2 Å². The molecule has 0 aliphatic rings. The molecule has 2 rings (SSSR count). The molecule has 0 unspecified atom stereocenters. The van der Waals surface area contributed by atoms with E-state index in [1.165, 1.54) is 18.0 Å². The predicted molar refractivity (Wildman–Crippen MR) is 124 cm³/mol. The minimum atomic E-state index is -3.81. The predicted octanol–water partition coefficient (Wildman–Crippen LogP) is 3.23. The Bertz CT molecular complexity index is 1080. The number of aryl methyl sites for hydroxylation is 1. The molecule has 0 saturated carbocycles. The molecular formula is C21H25Cl2N3O4S. The summed E-state index contributed by atoms with van der Waals surface area (Å²) in [6.45, 7) is 2.91. The summed E-state index contributed by atoms with van der Waals surface area (Å²) in [4.78, 5) is 26.9. The lowest BCUT2D eigenvalue weighted by atomic mass is 10.1. The Labute approximate surface area is 193 Å². The summed E-state index contributed by atoms with van der Waals surface area (Å²) in [5.74, 6) is -0.916. The zero-order chi connectivity index (χ0) is 23.3. The summed E-state index contributed by atoms with van der Waals surface area (Å²) in [5, 5.41) is 3.36. The van der Waals surface area contributed by atoms with Crippen molar-refractivity contribution in [3.05, 3.63) is 63.6 Å². The summed E-state index contributed by atoms with van der Waals surface area (Å²) < 4.78 is 26.1. The molecule has 0 radical (unpaired) electrons. The third-order valence-corrected chi connectivity index (χ3v) is 6.37. The highest BCUT2D eigenvalue weighted by Crippen LogP contribution is 2.26. The van der Waals surface area contributed by atoms with Crippen molar-refractivity contribution in [3.8, 4) is 0 Å². The number of anilines is 1. The van der Waals surface area contributed by atoms with Gasteiger partial charge in [-0.25, -0.2) is 8.42 Å². The largest absolute Gasteiger partial charge is 0.357 e. The number of carbonyl (C=O) groups excluding carboxylic acids is 2. The molecule has 31 heavy (non-hydrogen) atoms. The van der Waals surface area contributed by atoms with E-state index in [1.807, 2.05) is 0 Å². The zero-order valence-electron chi connectivity index (χ0n) is 17.7. The van der Waals surface area contributed by atoms with Gasteiger partial charge in [-0.05, 0) is 49.2 Å². The number of benzene rings is 2. The lowest BCUT2D eigenvalue weighted by molar-refractivity contribution is -0.139. The highest BCUT2D eigenvalue weighted by Gasteiger charge is 2.30.